The molecule has 0 unspecified atom stereocenters. The van der Waals surface area contributed by atoms with E-state index in [0.29, 0.717) is 11.1 Å². The van der Waals surface area contributed by atoms with Crippen molar-refractivity contribution in [1.29, 1.82) is 0 Å². The Balaban J connectivity index is 0.00000264. The van der Waals surface area contributed by atoms with Gasteiger partial charge in [-0.2, -0.15) is 13.2 Å². The van der Waals surface area contributed by atoms with Gasteiger partial charge in [-0.3, -0.25) is 4.79 Å². The van der Waals surface area contributed by atoms with E-state index in [-0.39, 0.29) is 29.1 Å². The van der Waals surface area contributed by atoms with Crippen molar-refractivity contribution < 1.29 is 18.0 Å². The summed E-state index contributed by atoms with van der Waals surface area (Å²) in [5, 5.41) is 2.28. The summed E-state index contributed by atoms with van der Waals surface area (Å²) in [4.78, 5) is 19.8. The number of pyridine rings is 1. The molecule has 0 saturated carbocycles. The normalized spacial score (nSPS) is 12.4. The zero-order valence-corrected chi connectivity index (χ0v) is 13.9. The Morgan fingerprint density at radius 1 is 1.39 bits per heavy atom. The summed E-state index contributed by atoms with van der Waals surface area (Å²) < 4.78 is 38.2. The minimum absolute atomic E-state index is 0. The SMILES string of the molecule is C[C@H](N)c1ncc(C(=O)Nc2cc(C(F)(F)F)c(Cl)cn2)s1.Cl. The Morgan fingerprint density at radius 3 is 2.57 bits per heavy atom. The maximum Gasteiger partial charge on any atom is 0.418 e. The fourth-order valence-electron chi connectivity index (χ4n) is 1.51. The molecule has 3 N–H and O–H groups in total. The van der Waals surface area contributed by atoms with Gasteiger partial charge in [0.05, 0.1) is 22.8 Å². The number of nitrogens with two attached hydrogens (primary N) is 1. The summed E-state index contributed by atoms with van der Waals surface area (Å²) in [5.41, 5.74) is 4.56. The van der Waals surface area contributed by atoms with E-state index in [1.165, 1.54) is 6.20 Å². The van der Waals surface area contributed by atoms with Crippen molar-refractivity contribution in [3.8, 4) is 0 Å². The third-order valence-corrected chi connectivity index (χ3v) is 4.04. The van der Waals surface area contributed by atoms with Gasteiger partial charge in [0, 0.05) is 6.20 Å². The van der Waals surface area contributed by atoms with E-state index in [0.717, 1.165) is 17.5 Å². The molecule has 0 aromatic carbocycles. The molecule has 0 fully saturated rings. The Kier molecular flexibility index (Phi) is 6.34. The maximum atomic E-state index is 12.7. The molecular weight excluding hydrogens is 376 g/mol. The number of alkyl halides is 3. The molecule has 0 aliphatic carbocycles. The highest BCUT2D eigenvalue weighted by molar-refractivity contribution is 7.13. The van der Waals surface area contributed by atoms with Crippen LogP contribution in [-0.4, -0.2) is 15.9 Å². The van der Waals surface area contributed by atoms with Crippen molar-refractivity contribution in [2.45, 2.75) is 19.1 Å². The van der Waals surface area contributed by atoms with Crippen molar-refractivity contribution in [1.82, 2.24) is 9.97 Å². The Morgan fingerprint density at radius 2 is 2.04 bits per heavy atom. The third-order valence-electron chi connectivity index (χ3n) is 2.54. The topological polar surface area (TPSA) is 80.9 Å². The van der Waals surface area contributed by atoms with Crippen molar-refractivity contribution in [2.75, 3.05) is 5.32 Å². The molecule has 1 amide bonds. The highest BCUT2D eigenvalue weighted by Gasteiger charge is 2.34. The summed E-state index contributed by atoms with van der Waals surface area (Å²) in [6.45, 7) is 1.71. The highest BCUT2D eigenvalue weighted by atomic mass is 35.5. The van der Waals surface area contributed by atoms with Crippen LogP contribution in [-0.2, 0) is 6.18 Å². The van der Waals surface area contributed by atoms with Crippen LogP contribution >= 0.6 is 35.3 Å². The average Bonchev–Trinajstić information content (AvgIpc) is 2.89. The molecule has 2 rings (SSSR count). The number of halogens is 5. The van der Waals surface area contributed by atoms with Gasteiger partial charge in [0.1, 0.15) is 15.7 Å². The molecule has 1 atom stereocenters. The molecule has 11 heteroatoms. The zero-order chi connectivity index (χ0) is 16.5. The predicted octanol–water partition coefficient (Wildman–Crippen LogP) is 3.90. The summed E-state index contributed by atoms with van der Waals surface area (Å²) in [5.74, 6) is -0.871. The van der Waals surface area contributed by atoms with Crippen LogP contribution in [0.5, 0.6) is 0 Å². The van der Waals surface area contributed by atoms with Crippen LogP contribution in [0.2, 0.25) is 5.02 Å². The van der Waals surface area contributed by atoms with Gasteiger partial charge in [0.25, 0.3) is 5.91 Å². The Bertz CT molecular complexity index is 706. The molecule has 2 heterocycles. The number of anilines is 1. The lowest BCUT2D eigenvalue weighted by Gasteiger charge is -2.10. The summed E-state index contributed by atoms with van der Waals surface area (Å²) in [6, 6.07) is 0.338. The van der Waals surface area contributed by atoms with E-state index in [2.05, 4.69) is 15.3 Å². The van der Waals surface area contributed by atoms with Gasteiger partial charge >= 0.3 is 6.18 Å². The average molecular weight is 387 g/mol. The second-order valence-electron chi connectivity index (χ2n) is 4.35. The fraction of sp³-hybridized carbons (Fsp3) is 0.250. The van der Waals surface area contributed by atoms with Gasteiger partial charge in [-0.25, -0.2) is 9.97 Å². The summed E-state index contributed by atoms with van der Waals surface area (Å²) in [7, 11) is 0. The molecule has 0 saturated heterocycles. The second kappa shape index (κ2) is 7.43. The van der Waals surface area contributed by atoms with E-state index in [4.69, 9.17) is 17.3 Å². The van der Waals surface area contributed by atoms with Crippen LogP contribution in [0.15, 0.2) is 18.5 Å². The monoisotopic (exact) mass is 386 g/mol. The van der Waals surface area contributed by atoms with Crippen LogP contribution in [0, 0.1) is 0 Å². The minimum atomic E-state index is -4.63. The molecule has 126 valence electrons. The van der Waals surface area contributed by atoms with Crippen LogP contribution in [0.1, 0.15) is 33.2 Å². The molecular formula is C12H11Cl2F3N4OS. The second-order valence-corrected chi connectivity index (χ2v) is 5.82. The van der Waals surface area contributed by atoms with Gasteiger partial charge in [0.15, 0.2) is 0 Å². The molecule has 23 heavy (non-hydrogen) atoms. The van der Waals surface area contributed by atoms with Crippen molar-refractivity contribution in [2.24, 2.45) is 5.73 Å². The summed E-state index contributed by atoms with van der Waals surface area (Å²) in [6.07, 6.45) is -2.49. The minimum Gasteiger partial charge on any atom is -0.322 e. The van der Waals surface area contributed by atoms with Gasteiger partial charge in [0.2, 0.25) is 0 Å². The van der Waals surface area contributed by atoms with Crippen molar-refractivity contribution in [3.63, 3.8) is 0 Å². The lowest BCUT2D eigenvalue weighted by molar-refractivity contribution is -0.137. The van der Waals surface area contributed by atoms with E-state index in [1.807, 2.05) is 0 Å². The smallest absolute Gasteiger partial charge is 0.322 e. The first-order chi connectivity index (χ1) is 10.2. The van der Waals surface area contributed by atoms with Crippen molar-refractivity contribution in [3.05, 3.63) is 38.9 Å². The molecule has 0 bridgehead atoms. The maximum absolute atomic E-state index is 12.7. The van der Waals surface area contributed by atoms with Crippen LogP contribution in [0.4, 0.5) is 19.0 Å². The Hall–Kier alpha value is -1.42. The quantitative estimate of drug-likeness (QED) is 0.837. The molecule has 5 nitrogen and oxygen atoms in total. The fourth-order valence-corrected chi connectivity index (χ4v) is 2.48. The molecule has 0 radical (unpaired) electrons. The van der Waals surface area contributed by atoms with E-state index >= 15 is 0 Å². The molecule has 0 aliphatic heterocycles. The highest BCUT2D eigenvalue weighted by Crippen LogP contribution is 2.35. The number of nitrogens with one attached hydrogen (secondary N) is 1. The number of hydrogen-bond acceptors (Lipinski definition) is 5. The number of hydrogen-bond donors (Lipinski definition) is 2. The third kappa shape index (κ3) is 4.77. The number of rotatable bonds is 3. The molecule has 2 aromatic heterocycles. The van der Waals surface area contributed by atoms with Crippen LogP contribution in [0.25, 0.3) is 0 Å². The van der Waals surface area contributed by atoms with Gasteiger partial charge in [-0.15, -0.1) is 23.7 Å². The number of thiazole rings is 1. The first kappa shape index (κ1) is 19.6. The van der Waals surface area contributed by atoms with Gasteiger partial charge in [-0.05, 0) is 13.0 Å². The van der Waals surface area contributed by atoms with Gasteiger partial charge < -0.3 is 11.1 Å². The molecule has 2 aromatic rings. The number of nitrogens with zero attached hydrogens (tertiary/aromatic N) is 2. The molecule has 0 spiro atoms. The lowest BCUT2D eigenvalue weighted by atomic mass is 10.2. The van der Waals surface area contributed by atoms with Crippen LogP contribution < -0.4 is 11.1 Å². The van der Waals surface area contributed by atoms with E-state index < -0.39 is 22.7 Å². The number of aromatic nitrogens is 2. The molecule has 0 aliphatic rings. The largest absolute Gasteiger partial charge is 0.418 e. The number of amides is 1. The zero-order valence-electron chi connectivity index (χ0n) is 11.5. The Labute approximate surface area is 144 Å². The lowest BCUT2D eigenvalue weighted by Crippen LogP contribution is -2.13. The number of carbonyl (C=O) groups is 1. The predicted molar refractivity (Wildman–Crippen MR) is 84.2 cm³/mol. The van der Waals surface area contributed by atoms with E-state index in [1.54, 1.807) is 6.92 Å². The number of carbonyl (C=O) groups excluding carboxylic acids is 1. The van der Waals surface area contributed by atoms with Crippen LogP contribution in [0.3, 0.4) is 0 Å². The van der Waals surface area contributed by atoms with E-state index in [9.17, 15) is 18.0 Å². The first-order valence-corrected chi connectivity index (χ1v) is 7.13. The van der Waals surface area contributed by atoms with Crippen molar-refractivity contribution >= 4 is 47.1 Å². The standard InChI is InChI=1S/C12H10ClF3N4OS.ClH/c1-5(17)11-19-4-8(22-11)10(21)20-9-2-6(12(14,15)16)7(13)3-18-9;/h2-5H,17H2,1H3,(H,18,20,21);1H/t5-;/m0./s1. The summed E-state index contributed by atoms with van der Waals surface area (Å²) >= 11 is 6.51. The first-order valence-electron chi connectivity index (χ1n) is 5.94. The van der Waals surface area contributed by atoms with Gasteiger partial charge in [-0.1, -0.05) is 11.6 Å².